The maximum Gasteiger partial charge on any atom is 0.259 e. The molecule has 102 valence electrons. The smallest absolute Gasteiger partial charge is 0.259 e. The van der Waals surface area contributed by atoms with Crippen LogP contribution in [0, 0.1) is 0 Å². The third kappa shape index (κ3) is 3.24. The van der Waals surface area contributed by atoms with Crippen LogP contribution in [-0.2, 0) is 0 Å². The van der Waals surface area contributed by atoms with Gasteiger partial charge < -0.3 is 10.6 Å². The maximum atomic E-state index is 12.4. The van der Waals surface area contributed by atoms with Gasteiger partial charge in [-0.05, 0) is 26.7 Å². The van der Waals surface area contributed by atoms with Crippen molar-refractivity contribution in [2.45, 2.75) is 46.6 Å². The predicted octanol–water partition coefficient (Wildman–Crippen LogP) is 2.31. The number of carbonyl (C=O) groups excluding carboxylic acids is 1. The third-order valence-electron chi connectivity index (χ3n) is 2.79. The molecule has 0 aliphatic heterocycles. The molecular formula is C13H24N4O. The van der Waals surface area contributed by atoms with Gasteiger partial charge in [0.25, 0.3) is 5.91 Å². The Morgan fingerprint density at radius 1 is 1.39 bits per heavy atom. The number of carbonyl (C=O) groups is 1. The van der Waals surface area contributed by atoms with Crippen LogP contribution in [0.2, 0.25) is 0 Å². The van der Waals surface area contributed by atoms with Crippen molar-refractivity contribution in [3.63, 3.8) is 0 Å². The third-order valence-corrected chi connectivity index (χ3v) is 2.79. The molecule has 0 aliphatic carbocycles. The molecule has 0 saturated heterocycles. The van der Waals surface area contributed by atoms with Crippen LogP contribution in [0.1, 0.15) is 56.9 Å². The highest BCUT2D eigenvalue weighted by Gasteiger charge is 2.20. The van der Waals surface area contributed by atoms with Crippen LogP contribution >= 0.6 is 0 Å². The van der Waals surface area contributed by atoms with Crippen LogP contribution in [-0.4, -0.2) is 33.7 Å². The van der Waals surface area contributed by atoms with E-state index in [0.29, 0.717) is 11.4 Å². The van der Waals surface area contributed by atoms with Gasteiger partial charge in [-0.1, -0.05) is 13.8 Å². The molecule has 5 nitrogen and oxygen atoms in total. The number of rotatable bonds is 6. The number of nitrogens with zero attached hydrogens (tertiary/aromatic N) is 3. The molecule has 1 amide bonds. The highest BCUT2D eigenvalue weighted by Crippen LogP contribution is 2.16. The lowest BCUT2D eigenvalue weighted by Crippen LogP contribution is -2.32. The Morgan fingerprint density at radius 2 is 1.94 bits per heavy atom. The Morgan fingerprint density at radius 3 is 2.33 bits per heavy atom. The molecule has 0 fully saturated rings. The van der Waals surface area contributed by atoms with Crippen LogP contribution in [0.4, 0.5) is 5.82 Å². The summed E-state index contributed by atoms with van der Waals surface area (Å²) >= 11 is 0. The van der Waals surface area contributed by atoms with Gasteiger partial charge in [0, 0.05) is 25.3 Å². The van der Waals surface area contributed by atoms with E-state index in [2.05, 4.69) is 18.9 Å². The van der Waals surface area contributed by atoms with E-state index in [1.807, 2.05) is 18.7 Å². The van der Waals surface area contributed by atoms with E-state index in [4.69, 9.17) is 5.73 Å². The van der Waals surface area contributed by atoms with Crippen molar-refractivity contribution in [3.05, 3.63) is 11.8 Å². The van der Waals surface area contributed by atoms with Gasteiger partial charge in [-0.3, -0.25) is 9.48 Å². The molecule has 0 radical (unpaired) electrons. The topological polar surface area (TPSA) is 64.2 Å². The van der Waals surface area contributed by atoms with Gasteiger partial charge in [0.2, 0.25) is 0 Å². The average Bonchev–Trinajstić information content (AvgIpc) is 2.70. The summed E-state index contributed by atoms with van der Waals surface area (Å²) < 4.78 is 1.73. The molecule has 0 unspecified atom stereocenters. The second kappa shape index (κ2) is 6.42. The first-order valence-electron chi connectivity index (χ1n) is 6.65. The lowest BCUT2D eigenvalue weighted by Gasteiger charge is -2.20. The van der Waals surface area contributed by atoms with Crippen molar-refractivity contribution >= 4 is 11.7 Å². The number of aromatic nitrogens is 2. The van der Waals surface area contributed by atoms with Gasteiger partial charge in [-0.15, -0.1) is 0 Å². The molecule has 0 saturated carbocycles. The monoisotopic (exact) mass is 252 g/mol. The highest BCUT2D eigenvalue weighted by atomic mass is 16.2. The van der Waals surface area contributed by atoms with Gasteiger partial charge in [-0.2, -0.15) is 5.10 Å². The molecule has 0 aliphatic rings. The van der Waals surface area contributed by atoms with Gasteiger partial charge in [-0.25, -0.2) is 0 Å². The molecule has 1 aromatic heterocycles. The summed E-state index contributed by atoms with van der Waals surface area (Å²) in [5.74, 6) is 0.314. The van der Waals surface area contributed by atoms with Crippen molar-refractivity contribution in [2.75, 3.05) is 18.8 Å². The summed E-state index contributed by atoms with van der Waals surface area (Å²) in [5.41, 5.74) is 6.35. The summed E-state index contributed by atoms with van der Waals surface area (Å²) in [6.45, 7) is 9.68. The van der Waals surface area contributed by atoms with E-state index in [0.717, 1.165) is 25.9 Å². The quantitative estimate of drug-likeness (QED) is 0.845. The van der Waals surface area contributed by atoms with E-state index < -0.39 is 0 Å². The average molecular weight is 252 g/mol. The molecule has 1 heterocycles. The Bertz CT molecular complexity index is 392. The van der Waals surface area contributed by atoms with E-state index in [1.165, 1.54) is 0 Å². The van der Waals surface area contributed by atoms with Crippen molar-refractivity contribution in [2.24, 2.45) is 0 Å². The molecule has 0 atom stereocenters. The lowest BCUT2D eigenvalue weighted by atomic mass is 10.2. The summed E-state index contributed by atoms with van der Waals surface area (Å²) in [4.78, 5) is 14.2. The standard InChI is InChI=1S/C13H24N4O/c1-5-7-16(8-6-2)13(18)11-9-17(10(3)4)15-12(11)14/h9-10H,5-8H2,1-4H3,(H2,14,15). The first-order valence-corrected chi connectivity index (χ1v) is 6.65. The molecule has 18 heavy (non-hydrogen) atoms. The summed E-state index contributed by atoms with van der Waals surface area (Å²) in [6.07, 6.45) is 3.65. The zero-order chi connectivity index (χ0) is 13.7. The van der Waals surface area contributed by atoms with E-state index in [-0.39, 0.29) is 11.9 Å². The maximum absolute atomic E-state index is 12.4. The zero-order valence-electron chi connectivity index (χ0n) is 11.8. The Kier molecular flexibility index (Phi) is 5.19. The fourth-order valence-electron chi connectivity index (χ4n) is 1.86. The fourth-order valence-corrected chi connectivity index (χ4v) is 1.86. The predicted molar refractivity (Wildman–Crippen MR) is 73.5 cm³/mol. The molecule has 0 aromatic carbocycles. The zero-order valence-corrected chi connectivity index (χ0v) is 11.8. The van der Waals surface area contributed by atoms with Crippen LogP contribution < -0.4 is 5.73 Å². The van der Waals surface area contributed by atoms with Gasteiger partial charge in [0.1, 0.15) is 5.56 Å². The van der Waals surface area contributed by atoms with Crippen LogP contribution in [0.15, 0.2) is 6.20 Å². The summed E-state index contributed by atoms with van der Waals surface area (Å²) in [7, 11) is 0. The minimum absolute atomic E-state index is 0.0110. The minimum Gasteiger partial charge on any atom is -0.382 e. The highest BCUT2D eigenvalue weighted by molar-refractivity contribution is 5.98. The van der Waals surface area contributed by atoms with Crippen molar-refractivity contribution < 1.29 is 4.79 Å². The van der Waals surface area contributed by atoms with Crippen molar-refractivity contribution in [1.29, 1.82) is 0 Å². The molecule has 1 aromatic rings. The molecule has 1 rings (SSSR count). The number of amides is 1. The van der Waals surface area contributed by atoms with Gasteiger partial charge in [0.15, 0.2) is 5.82 Å². The number of anilines is 1. The number of hydrogen-bond acceptors (Lipinski definition) is 3. The number of nitrogen functional groups attached to an aromatic ring is 1. The van der Waals surface area contributed by atoms with Crippen molar-refractivity contribution in [1.82, 2.24) is 14.7 Å². The van der Waals surface area contributed by atoms with E-state index >= 15 is 0 Å². The number of nitrogens with two attached hydrogens (primary N) is 1. The van der Waals surface area contributed by atoms with Gasteiger partial charge >= 0.3 is 0 Å². The number of hydrogen-bond donors (Lipinski definition) is 1. The second-order valence-electron chi connectivity index (χ2n) is 4.79. The first-order chi connectivity index (χ1) is 8.51. The van der Waals surface area contributed by atoms with E-state index in [9.17, 15) is 4.79 Å². The summed E-state index contributed by atoms with van der Waals surface area (Å²) in [6, 6.07) is 0.208. The largest absolute Gasteiger partial charge is 0.382 e. The molecular weight excluding hydrogens is 228 g/mol. The summed E-state index contributed by atoms with van der Waals surface area (Å²) in [5, 5.41) is 4.18. The van der Waals surface area contributed by atoms with E-state index in [1.54, 1.807) is 10.9 Å². The Labute approximate surface area is 109 Å². The minimum atomic E-state index is -0.0110. The Balaban J connectivity index is 2.93. The first kappa shape index (κ1) is 14.5. The molecule has 2 N–H and O–H groups in total. The lowest BCUT2D eigenvalue weighted by molar-refractivity contribution is 0.0756. The van der Waals surface area contributed by atoms with Gasteiger partial charge in [0.05, 0.1) is 0 Å². The van der Waals surface area contributed by atoms with Crippen LogP contribution in [0.3, 0.4) is 0 Å². The SMILES string of the molecule is CCCN(CCC)C(=O)c1cn(C(C)C)nc1N. The molecule has 0 spiro atoms. The van der Waals surface area contributed by atoms with Crippen molar-refractivity contribution in [3.8, 4) is 0 Å². The van der Waals surface area contributed by atoms with Crippen LogP contribution in [0.5, 0.6) is 0 Å². The second-order valence-corrected chi connectivity index (χ2v) is 4.79. The van der Waals surface area contributed by atoms with Crippen LogP contribution in [0.25, 0.3) is 0 Å². The fraction of sp³-hybridized carbons (Fsp3) is 0.692. The Hall–Kier alpha value is -1.52. The normalized spacial score (nSPS) is 10.9. The molecule has 5 heteroatoms. The molecule has 0 bridgehead atoms.